The van der Waals surface area contributed by atoms with Crippen LogP contribution in [0.15, 0.2) is 22.6 Å². The zero-order valence-corrected chi connectivity index (χ0v) is 11.4. The lowest BCUT2D eigenvalue weighted by atomic mass is 10.2. The number of morpholine rings is 1. The van der Waals surface area contributed by atoms with Gasteiger partial charge in [-0.15, -0.1) is 0 Å². The summed E-state index contributed by atoms with van der Waals surface area (Å²) in [5, 5.41) is 8.96. The third-order valence-corrected chi connectivity index (χ3v) is 3.35. The van der Waals surface area contributed by atoms with Crippen molar-refractivity contribution in [2.45, 2.75) is 13.0 Å². The van der Waals surface area contributed by atoms with Crippen molar-refractivity contribution >= 4 is 23.0 Å². The number of carbonyl (C=O) groups is 2. The summed E-state index contributed by atoms with van der Waals surface area (Å²) >= 11 is 0. The Morgan fingerprint density at radius 2 is 2.24 bits per heavy atom. The fourth-order valence-corrected chi connectivity index (χ4v) is 2.27. The summed E-state index contributed by atoms with van der Waals surface area (Å²) in [5.41, 5.74) is 1.98. The van der Waals surface area contributed by atoms with E-state index in [0.29, 0.717) is 17.6 Å². The molecule has 1 saturated heterocycles. The second-order valence-corrected chi connectivity index (χ2v) is 4.90. The predicted molar refractivity (Wildman–Crippen MR) is 72.0 cm³/mol. The van der Waals surface area contributed by atoms with Gasteiger partial charge in [0, 0.05) is 18.3 Å². The number of amides is 1. The van der Waals surface area contributed by atoms with E-state index < -0.39 is 12.1 Å². The molecule has 0 aromatic carbocycles. The van der Waals surface area contributed by atoms with Gasteiger partial charge in [0.05, 0.1) is 13.2 Å². The lowest BCUT2D eigenvalue weighted by molar-refractivity contribution is -0.154. The molecular formula is C14H14N2O5. The molecule has 21 heavy (non-hydrogen) atoms. The predicted octanol–water partition coefficient (Wildman–Crippen LogP) is 1.06. The topological polar surface area (TPSA) is 92.9 Å². The molecule has 3 heterocycles. The molecule has 1 unspecified atom stereocenters. The SMILES string of the molecule is Cc1ccc2oc(C(=O)N3CCOC(C(=O)O)C3)cc2n1. The summed E-state index contributed by atoms with van der Waals surface area (Å²) in [5.74, 6) is -1.26. The molecule has 110 valence electrons. The zero-order chi connectivity index (χ0) is 15.0. The number of nitrogens with zero attached hydrogens (tertiary/aromatic N) is 2. The summed E-state index contributed by atoms with van der Waals surface area (Å²) in [4.78, 5) is 29.0. The molecule has 0 spiro atoms. The van der Waals surface area contributed by atoms with Crippen LogP contribution in [-0.4, -0.2) is 52.7 Å². The Morgan fingerprint density at radius 3 is 3.00 bits per heavy atom. The number of aliphatic carboxylic acids is 1. The van der Waals surface area contributed by atoms with Crippen molar-refractivity contribution in [2.24, 2.45) is 0 Å². The van der Waals surface area contributed by atoms with E-state index in [4.69, 9.17) is 14.3 Å². The van der Waals surface area contributed by atoms with E-state index in [1.54, 1.807) is 18.2 Å². The average molecular weight is 290 g/mol. The van der Waals surface area contributed by atoms with Gasteiger partial charge in [0.1, 0.15) is 5.52 Å². The van der Waals surface area contributed by atoms with Crippen molar-refractivity contribution < 1.29 is 23.8 Å². The van der Waals surface area contributed by atoms with Gasteiger partial charge in [-0.05, 0) is 19.1 Å². The number of fused-ring (bicyclic) bond motifs is 1. The highest BCUT2D eigenvalue weighted by Gasteiger charge is 2.30. The molecule has 3 rings (SSSR count). The molecular weight excluding hydrogens is 276 g/mol. The second-order valence-electron chi connectivity index (χ2n) is 4.90. The Morgan fingerprint density at radius 1 is 1.43 bits per heavy atom. The van der Waals surface area contributed by atoms with Crippen LogP contribution >= 0.6 is 0 Å². The standard InChI is InChI=1S/C14H14N2O5/c1-8-2-3-10-9(15-8)6-11(21-10)13(17)16-4-5-20-12(7-16)14(18)19/h2-3,6,12H,4-5,7H2,1H3,(H,18,19). The van der Waals surface area contributed by atoms with Crippen LogP contribution in [-0.2, 0) is 9.53 Å². The molecule has 1 atom stereocenters. The molecule has 1 aliphatic heterocycles. The Labute approximate surface area is 120 Å². The number of aromatic nitrogens is 1. The molecule has 2 aromatic rings. The van der Waals surface area contributed by atoms with Crippen molar-refractivity contribution in [3.63, 3.8) is 0 Å². The number of aryl methyl sites for hydroxylation is 1. The average Bonchev–Trinajstić information content (AvgIpc) is 2.89. The van der Waals surface area contributed by atoms with Crippen LogP contribution in [0.25, 0.3) is 11.1 Å². The molecule has 0 aliphatic carbocycles. The molecule has 1 aliphatic rings. The number of carbonyl (C=O) groups excluding carboxylic acids is 1. The minimum absolute atomic E-state index is 0.0116. The van der Waals surface area contributed by atoms with Gasteiger partial charge < -0.3 is 19.2 Å². The zero-order valence-electron chi connectivity index (χ0n) is 11.4. The maximum Gasteiger partial charge on any atom is 0.334 e. The Hall–Kier alpha value is -2.41. The van der Waals surface area contributed by atoms with E-state index in [-0.39, 0.29) is 24.8 Å². The highest BCUT2D eigenvalue weighted by molar-refractivity contribution is 5.95. The van der Waals surface area contributed by atoms with Crippen LogP contribution in [0.5, 0.6) is 0 Å². The smallest absolute Gasteiger partial charge is 0.334 e. The summed E-state index contributed by atoms with van der Waals surface area (Å²) < 4.78 is 10.6. The molecule has 7 heteroatoms. The van der Waals surface area contributed by atoms with Crippen molar-refractivity contribution in [3.05, 3.63) is 29.7 Å². The number of ether oxygens (including phenoxy) is 1. The van der Waals surface area contributed by atoms with Crippen LogP contribution in [0.1, 0.15) is 16.2 Å². The number of pyridine rings is 1. The van der Waals surface area contributed by atoms with Gasteiger partial charge in [0.2, 0.25) is 0 Å². The van der Waals surface area contributed by atoms with E-state index >= 15 is 0 Å². The summed E-state index contributed by atoms with van der Waals surface area (Å²) in [7, 11) is 0. The van der Waals surface area contributed by atoms with Gasteiger partial charge in [0.15, 0.2) is 17.4 Å². The van der Waals surface area contributed by atoms with Gasteiger partial charge >= 0.3 is 5.97 Å². The van der Waals surface area contributed by atoms with Crippen LogP contribution in [0.4, 0.5) is 0 Å². The molecule has 2 aromatic heterocycles. The molecule has 0 radical (unpaired) electrons. The monoisotopic (exact) mass is 290 g/mol. The largest absolute Gasteiger partial charge is 0.479 e. The maximum absolute atomic E-state index is 12.4. The van der Waals surface area contributed by atoms with Crippen LogP contribution in [0.2, 0.25) is 0 Å². The number of carboxylic acid groups (broad SMARTS) is 1. The van der Waals surface area contributed by atoms with Gasteiger partial charge in [-0.25, -0.2) is 9.78 Å². The Bertz CT molecular complexity index is 708. The van der Waals surface area contributed by atoms with E-state index in [2.05, 4.69) is 4.98 Å². The summed E-state index contributed by atoms with van der Waals surface area (Å²) in [6.07, 6.45) is -0.993. The second kappa shape index (κ2) is 5.17. The Balaban J connectivity index is 1.84. The molecule has 1 amide bonds. The molecule has 0 bridgehead atoms. The minimum atomic E-state index is -1.07. The normalized spacial score (nSPS) is 18.9. The minimum Gasteiger partial charge on any atom is -0.479 e. The first-order chi connectivity index (χ1) is 10.0. The number of carboxylic acids is 1. The summed E-state index contributed by atoms with van der Waals surface area (Å²) in [6.45, 7) is 2.40. The molecule has 7 nitrogen and oxygen atoms in total. The third-order valence-electron chi connectivity index (χ3n) is 3.35. The van der Waals surface area contributed by atoms with Gasteiger partial charge in [-0.2, -0.15) is 0 Å². The molecule has 1 fully saturated rings. The number of rotatable bonds is 2. The number of hydrogen-bond donors (Lipinski definition) is 1. The van der Waals surface area contributed by atoms with Crippen molar-refractivity contribution in [1.82, 2.24) is 9.88 Å². The van der Waals surface area contributed by atoms with E-state index in [1.165, 1.54) is 4.90 Å². The van der Waals surface area contributed by atoms with E-state index in [0.717, 1.165) is 5.69 Å². The van der Waals surface area contributed by atoms with Gasteiger partial charge in [0.25, 0.3) is 5.91 Å². The van der Waals surface area contributed by atoms with Crippen molar-refractivity contribution in [1.29, 1.82) is 0 Å². The van der Waals surface area contributed by atoms with Crippen molar-refractivity contribution in [2.75, 3.05) is 19.7 Å². The van der Waals surface area contributed by atoms with Crippen LogP contribution < -0.4 is 0 Å². The Kier molecular flexibility index (Phi) is 3.34. The summed E-state index contributed by atoms with van der Waals surface area (Å²) in [6, 6.07) is 5.14. The molecule has 0 saturated carbocycles. The fraction of sp³-hybridized carbons (Fsp3) is 0.357. The maximum atomic E-state index is 12.4. The molecule has 1 N–H and O–H groups in total. The highest BCUT2D eigenvalue weighted by atomic mass is 16.5. The lowest BCUT2D eigenvalue weighted by Crippen LogP contribution is -2.48. The fourth-order valence-electron chi connectivity index (χ4n) is 2.27. The first kappa shape index (κ1) is 13.6. The van der Waals surface area contributed by atoms with Gasteiger partial charge in [-0.3, -0.25) is 4.79 Å². The van der Waals surface area contributed by atoms with Crippen LogP contribution in [0.3, 0.4) is 0 Å². The first-order valence-electron chi connectivity index (χ1n) is 6.55. The van der Waals surface area contributed by atoms with E-state index in [1.807, 2.05) is 6.92 Å². The van der Waals surface area contributed by atoms with Gasteiger partial charge in [-0.1, -0.05) is 0 Å². The first-order valence-corrected chi connectivity index (χ1v) is 6.55. The third kappa shape index (κ3) is 2.59. The number of furan rings is 1. The van der Waals surface area contributed by atoms with Crippen molar-refractivity contribution in [3.8, 4) is 0 Å². The van der Waals surface area contributed by atoms with E-state index in [9.17, 15) is 9.59 Å². The highest BCUT2D eigenvalue weighted by Crippen LogP contribution is 2.20. The quantitative estimate of drug-likeness (QED) is 0.889. The van der Waals surface area contributed by atoms with Crippen LogP contribution in [0, 0.1) is 6.92 Å². The number of hydrogen-bond acceptors (Lipinski definition) is 5. The lowest BCUT2D eigenvalue weighted by Gasteiger charge is -2.30.